The summed E-state index contributed by atoms with van der Waals surface area (Å²) < 4.78 is 1.65. The quantitative estimate of drug-likeness (QED) is 0.918. The van der Waals surface area contributed by atoms with E-state index < -0.39 is 0 Å². The molecule has 106 valence electrons. The second-order valence-corrected chi connectivity index (χ2v) is 5.34. The molecular formula is C13H19N7. The maximum Gasteiger partial charge on any atom is 0.289 e. The van der Waals surface area contributed by atoms with Gasteiger partial charge in [0, 0.05) is 11.7 Å². The highest BCUT2D eigenvalue weighted by Gasteiger charge is 2.15. The molecule has 1 aliphatic carbocycles. The molecule has 0 saturated heterocycles. The van der Waals surface area contributed by atoms with Crippen LogP contribution in [-0.2, 0) is 0 Å². The van der Waals surface area contributed by atoms with Crippen LogP contribution in [0.5, 0.6) is 0 Å². The normalized spacial score (nSPS) is 16.3. The molecule has 3 rings (SSSR count). The first-order valence-electron chi connectivity index (χ1n) is 7.10. The molecule has 1 fully saturated rings. The van der Waals surface area contributed by atoms with Crippen molar-refractivity contribution >= 4 is 5.95 Å². The first-order chi connectivity index (χ1) is 9.72. The lowest BCUT2D eigenvalue weighted by molar-refractivity contribution is 0.459. The van der Waals surface area contributed by atoms with Gasteiger partial charge in [0.15, 0.2) is 0 Å². The standard InChI is InChI=1S/C13H19N7/c1-9-8-10(2)20(19-9)13-17-15-12(16-18-13)14-11-6-4-3-5-7-11/h8,11H,3-7H2,1-2H3,(H,14,15,16). The minimum Gasteiger partial charge on any atom is -0.349 e. The third-order valence-corrected chi connectivity index (χ3v) is 3.61. The lowest BCUT2D eigenvalue weighted by Crippen LogP contribution is -2.24. The third-order valence-electron chi connectivity index (χ3n) is 3.61. The number of nitrogens with one attached hydrogen (secondary N) is 1. The van der Waals surface area contributed by atoms with Gasteiger partial charge in [0.25, 0.3) is 11.9 Å². The predicted octanol–water partition coefficient (Wildman–Crippen LogP) is 1.81. The molecule has 7 nitrogen and oxygen atoms in total. The van der Waals surface area contributed by atoms with E-state index in [0.29, 0.717) is 17.9 Å². The molecule has 0 spiro atoms. The fraction of sp³-hybridized carbons (Fsp3) is 0.615. The van der Waals surface area contributed by atoms with Gasteiger partial charge in [0.1, 0.15) is 0 Å². The highest BCUT2D eigenvalue weighted by Crippen LogP contribution is 2.19. The molecule has 7 heteroatoms. The van der Waals surface area contributed by atoms with Gasteiger partial charge in [0.2, 0.25) is 0 Å². The van der Waals surface area contributed by atoms with E-state index in [1.165, 1.54) is 32.1 Å². The molecule has 2 heterocycles. The van der Waals surface area contributed by atoms with Gasteiger partial charge in [-0.1, -0.05) is 19.3 Å². The molecule has 20 heavy (non-hydrogen) atoms. The van der Waals surface area contributed by atoms with Crippen molar-refractivity contribution in [2.45, 2.75) is 52.0 Å². The van der Waals surface area contributed by atoms with Crippen molar-refractivity contribution in [2.75, 3.05) is 5.32 Å². The van der Waals surface area contributed by atoms with E-state index in [0.717, 1.165) is 11.4 Å². The van der Waals surface area contributed by atoms with Gasteiger partial charge in [-0.15, -0.1) is 20.4 Å². The summed E-state index contributed by atoms with van der Waals surface area (Å²) in [6, 6.07) is 2.42. The highest BCUT2D eigenvalue weighted by molar-refractivity contribution is 5.24. The third kappa shape index (κ3) is 2.76. The van der Waals surface area contributed by atoms with Crippen LogP contribution in [0.25, 0.3) is 5.95 Å². The van der Waals surface area contributed by atoms with Crippen molar-refractivity contribution in [2.24, 2.45) is 0 Å². The topological polar surface area (TPSA) is 81.4 Å². The van der Waals surface area contributed by atoms with Crippen LogP contribution < -0.4 is 5.32 Å². The summed E-state index contributed by atoms with van der Waals surface area (Å²) in [4.78, 5) is 0. The molecule has 0 aromatic carbocycles. The smallest absolute Gasteiger partial charge is 0.289 e. The van der Waals surface area contributed by atoms with Crippen LogP contribution in [0.2, 0.25) is 0 Å². The second-order valence-electron chi connectivity index (χ2n) is 5.34. The summed E-state index contributed by atoms with van der Waals surface area (Å²) in [5, 5.41) is 24.0. The number of aryl methyl sites for hydroxylation is 2. The van der Waals surface area contributed by atoms with Gasteiger partial charge >= 0.3 is 0 Å². The Morgan fingerprint density at radius 3 is 2.35 bits per heavy atom. The van der Waals surface area contributed by atoms with E-state index in [-0.39, 0.29) is 0 Å². The van der Waals surface area contributed by atoms with Crippen LogP contribution in [0.15, 0.2) is 6.07 Å². The second kappa shape index (κ2) is 5.52. The minimum absolute atomic E-state index is 0.407. The largest absolute Gasteiger partial charge is 0.349 e. The molecule has 2 aromatic heterocycles. The van der Waals surface area contributed by atoms with Crippen molar-refractivity contribution in [3.05, 3.63) is 17.5 Å². The maximum absolute atomic E-state index is 4.32. The Morgan fingerprint density at radius 2 is 1.75 bits per heavy atom. The van der Waals surface area contributed by atoms with E-state index in [4.69, 9.17) is 0 Å². The fourth-order valence-corrected chi connectivity index (χ4v) is 2.63. The van der Waals surface area contributed by atoms with Crippen LogP contribution in [0.1, 0.15) is 43.5 Å². The van der Waals surface area contributed by atoms with Crippen LogP contribution in [0.3, 0.4) is 0 Å². The van der Waals surface area contributed by atoms with Crippen molar-refractivity contribution in [1.82, 2.24) is 30.2 Å². The molecule has 0 aliphatic heterocycles. The molecule has 1 aliphatic rings. The Morgan fingerprint density at radius 1 is 1.05 bits per heavy atom. The Balaban J connectivity index is 1.72. The lowest BCUT2D eigenvalue weighted by atomic mass is 9.96. The summed E-state index contributed by atoms with van der Waals surface area (Å²) in [6.45, 7) is 3.89. The zero-order chi connectivity index (χ0) is 13.9. The van der Waals surface area contributed by atoms with Gasteiger partial charge in [-0.2, -0.15) is 5.10 Å². The zero-order valence-electron chi connectivity index (χ0n) is 11.9. The molecule has 0 amide bonds. The van der Waals surface area contributed by atoms with Crippen LogP contribution >= 0.6 is 0 Å². The Labute approximate surface area is 117 Å². The minimum atomic E-state index is 0.407. The monoisotopic (exact) mass is 273 g/mol. The van der Waals surface area contributed by atoms with Crippen molar-refractivity contribution in [3.63, 3.8) is 0 Å². The molecule has 0 unspecified atom stereocenters. The van der Waals surface area contributed by atoms with E-state index >= 15 is 0 Å². The van der Waals surface area contributed by atoms with Gasteiger partial charge in [0.05, 0.1) is 5.69 Å². The molecular weight excluding hydrogens is 254 g/mol. The fourth-order valence-electron chi connectivity index (χ4n) is 2.63. The summed E-state index contributed by atoms with van der Waals surface area (Å²) in [5.41, 5.74) is 1.90. The van der Waals surface area contributed by atoms with E-state index in [2.05, 4.69) is 30.8 Å². The van der Waals surface area contributed by atoms with Gasteiger partial charge in [-0.25, -0.2) is 4.68 Å². The van der Waals surface area contributed by atoms with Crippen LogP contribution in [0.4, 0.5) is 5.95 Å². The average molecular weight is 273 g/mol. The number of hydrogen-bond donors (Lipinski definition) is 1. The molecule has 1 N–H and O–H groups in total. The SMILES string of the molecule is Cc1cc(C)n(-c2nnc(NC3CCCCC3)nn2)n1. The van der Waals surface area contributed by atoms with Gasteiger partial charge in [-0.05, 0) is 32.8 Å². The first-order valence-corrected chi connectivity index (χ1v) is 7.10. The summed E-state index contributed by atoms with van der Waals surface area (Å²) >= 11 is 0. The van der Waals surface area contributed by atoms with E-state index in [1.54, 1.807) is 4.68 Å². The van der Waals surface area contributed by atoms with Crippen molar-refractivity contribution in [1.29, 1.82) is 0 Å². The van der Waals surface area contributed by atoms with Crippen LogP contribution in [0, 0.1) is 13.8 Å². The van der Waals surface area contributed by atoms with E-state index in [9.17, 15) is 0 Å². The summed E-state index contributed by atoms with van der Waals surface area (Å²) in [7, 11) is 0. The first kappa shape index (κ1) is 13.0. The zero-order valence-corrected chi connectivity index (χ0v) is 11.9. The van der Waals surface area contributed by atoms with Gasteiger partial charge in [-0.3, -0.25) is 0 Å². The highest BCUT2D eigenvalue weighted by atomic mass is 15.5. The molecule has 1 saturated carbocycles. The Kier molecular flexibility index (Phi) is 3.58. The predicted molar refractivity (Wildman–Crippen MR) is 74.7 cm³/mol. The Hall–Kier alpha value is -2.05. The van der Waals surface area contributed by atoms with Crippen LogP contribution in [-0.4, -0.2) is 36.2 Å². The number of anilines is 1. The number of nitrogens with zero attached hydrogens (tertiary/aromatic N) is 6. The molecule has 0 atom stereocenters. The summed E-state index contributed by atoms with van der Waals surface area (Å²) in [6.07, 6.45) is 6.20. The van der Waals surface area contributed by atoms with E-state index in [1.807, 2.05) is 19.9 Å². The number of hydrogen-bond acceptors (Lipinski definition) is 6. The number of rotatable bonds is 3. The lowest BCUT2D eigenvalue weighted by Gasteiger charge is -2.22. The number of aromatic nitrogens is 6. The summed E-state index contributed by atoms with van der Waals surface area (Å²) in [5.74, 6) is 0.909. The van der Waals surface area contributed by atoms with Crippen molar-refractivity contribution in [3.8, 4) is 5.95 Å². The molecule has 2 aromatic rings. The van der Waals surface area contributed by atoms with Crippen molar-refractivity contribution < 1.29 is 0 Å². The molecule has 0 bridgehead atoms. The average Bonchev–Trinajstić information content (AvgIpc) is 2.80. The molecule has 0 radical (unpaired) electrons. The maximum atomic E-state index is 4.32. The van der Waals surface area contributed by atoms with Gasteiger partial charge < -0.3 is 5.32 Å². The Bertz CT molecular complexity index is 569.